The molecule has 0 atom stereocenters. The molecule has 0 heterocycles. The Morgan fingerprint density at radius 1 is 1.10 bits per heavy atom. The number of benzene rings is 1. The van der Waals surface area contributed by atoms with Gasteiger partial charge in [-0.2, -0.15) is 0 Å². The lowest BCUT2D eigenvalue weighted by Gasteiger charge is -2.28. The molecule has 0 aliphatic heterocycles. The van der Waals surface area contributed by atoms with Gasteiger partial charge in [0.1, 0.15) is 5.56 Å². The van der Waals surface area contributed by atoms with E-state index in [0.29, 0.717) is 38.8 Å². The lowest BCUT2D eigenvalue weighted by atomic mass is 9.86. The van der Waals surface area contributed by atoms with Gasteiger partial charge in [0.05, 0.1) is 31.3 Å². The highest BCUT2D eigenvalue weighted by Crippen LogP contribution is 2.37. The molecule has 1 aromatic carbocycles. The van der Waals surface area contributed by atoms with E-state index in [9.17, 15) is 19.7 Å². The second-order valence-corrected chi connectivity index (χ2v) is 6.75. The average Bonchev–Trinajstić information content (AvgIpc) is 2.80. The summed E-state index contributed by atoms with van der Waals surface area (Å²) >= 11 is 0. The van der Waals surface area contributed by atoms with Crippen molar-refractivity contribution in [2.24, 2.45) is 5.92 Å². The number of nitro benzene ring substituents is 1. The molecule has 1 saturated carbocycles. The molecule has 1 amide bonds. The van der Waals surface area contributed by atoms with Gasteiger partial charge in [-0.1, -0.05) is 13.8 Å². The monoisotopic (exact) mass is 439 g/mol. The molecular formula is C21H33N3O7. The van der Waals surface area contributed by atoms with Crippen LogP contribution in [0.2, 0.25) is 0 Å². The summed E-state index contributed by atoms with van der Waals surface area (Å²) < 4.78 is 15.8. The summed E-state index contributed by atoms with van der Waals surface area (Å²) in [7, 11) is 4.35. The molecule has 2 N–H and O–H groups in total. The fourth-order valence-electron chi connectivity index (χ4n) is 3.30. The number of likely N-dealkylation sites (N-methyl/N-ethyl adjacent to an activating group) is 1. The number of ether oxygens (including phenoxy) is 3. The molecule has 2 rings (SSSR count). The predicted molar refractivity (Wildman–Crippen MR) is 116 cm³/mol. The highest BCUT2D eigenvalue weighted by Gasteiger charge is 2.30. The first-order valence-electron chi connectivity index (χ1n) is 10.4. The minimum Gasteiger partial charge on any atom is -0.493 e. The zero-order valence-corrected chi connectivity index (χ0v) is 18.9. The number of rotatable bonds is 9. The van der Waals surface area contributed by atoms with Crippen molar-refractivity contribution >= 4 is 17.6 Å². The number of methoxy groups -OCH3 is 2. The lowest BCUT2D eigenvalue weighted by molar-refractivity contribution is -0.385. The molecule has 0 aromatic heterocycles. The van der Waals surface area contributed by atoms with Crippen molar-refractivity contribution < 1.29 is 28.7 Å². The second kappa shape index (κ2) is 13.4. The Labute approximate surface area is 182 Å². The van der Waals surface area contributed by atoms with Crippen molar-refractivity contribution in [3.63, 3.8) is 0 Å². The molecule has 0 saturated heterocycles. The summed E-state index contributed by atoms with van der Waals surface area (Å²) in [5.41, 5.74) is -0.617. The van der Waals surface area contributed by atoms with Gasteiger partial charge in [-0.05, 0) is 32.7 Å². The van der Waals surface area contributed by atoms with Crippen LogP contribution >= 0.6 is 0 Å². The van der Waals surface area contributed by atoms with Crippen LogP contribution in [0.5, 0.6) is 11.5 Å². The first-order valence-corrected chi connectivity index (χ1v) is 10.4. The highest BCUT2D eigenvalue weighted by molar-refractivity contribution is 5.95. The quantitative estimate of drug-likeness (QED) is 0.260. The van der Waals surface area contributed by atoms with Crippen molar-refractivity contribution in [3.05, 3.63) is 27.8 Å². The third-order valence-corrected chi connectivity index (χ3v) is 4.90. The van der Waals surface area contributed by atoms with Gasteiger partial charge in [0.25, 0.3) is 5.69 Å². The number of amides is 1. The van der Waals surface area contributed by atoms with E-state index in [1.54, 1.807) is 0 Å². The van der Waals surface area contributed by atoms with Crippen LogP contribution in [-0.4, -0.2) is 57.3 Å². The zero-order chi connectivity index (χ0) is 23.4. The molecule has 10 heteroatoms. The summed E-state index contributed by atoms with van der Waals surface area (Å²) in [5, 5.41) is 17.1. The van der Waals surface area contributed by atoms with Gasteiger partial charge in [0, 0.05) is 25.1 Å². The summed E-state index contributed by atoms with van der Waals surface area (Å²) in [6, 6.07) is 2.43. The van der Waals surface area contributed by atoms with Gasteiger partial charge < -0.3 is 24.8 Å². The lowest BCUT2D eigenvalue weighted by Crippen LogP contribution is -2.38. The maximum Gasteiger partial charge on any atom is 0.345 e. The van der Waals surface area contributed by atoms with E-state index in [-0.39, 0.29) is 35.0 Å². The summed E-state index contributed by atoms with van der Waals surface area (Å²) in [5.74, 6) is -0.446. The molecule has 1 aromatic rings. The Kier molecular flexibility index (Phi) is 11.3. The number of carbonyl (C=O) groups is 2. The fourth-order valence-corrected chi connectivity index (χ4v) is 3.30. The van der Waals surface area contributed by atoms with Crippen LogP contribution in [0.4, 0.5) is 5.69 Å². The smallest absolute Gasteiger partial charge is 0.345 e. The van der Waals surface area contributed by atoms with Crippen molar-refractivity contribution in [3.8, 4) is 11.5 Å². The highest BCUT2D eigenvalue weighted by atomic mass is 16.6. The maximum absolute atomic E-state index is 12.2. The predicted octanol–water partition coefficient (Wildman–Crippen LogP) is 2.69. The van der Waals surface area contributed by atoms with Crippen molar-refractivity contribution in [1.82, 2.24) is 10.6 Å². The minimum atomic E-state index is -0.828. The Morgan fingerprint density at radius 2 is 1.74 bits per heavy atom. The van der Waals surface area contributed by atoms with E-state index in [1.165, 1.54) is 13.2 Å². The second-order valence-electron chi connectivity index (χ2n) is 6.75. The number of nitro groups is 1. The Morgan fingerprint density at radius 3 is 2.26 bits per heavy atom. The molecule has 1 aliphatic rings. The maximum atomic E-state index is 12.2. The molecule has 0 bridgehead atoms. The number of nitrogens with one attached hydrogen (secondary N) is 2. The van der Waals surface area contributed by atoms with Gasteiger partial charge >= 0.3 is 5.97 Å². The molecule has 0 spiro atoms. The zero-order valence-electron chi connectivity index (χ0n) is 18.9. The van der Waals surface area contributed by atoms with Crippen molar-refractivity contribution in [1.29, 1.82) is 0 Å². The molecule has 174 valence electrons. The topological polar surface area (TPSA) is 129 Å². The molecule has 31 heavy (non-hydrogen) atoms. The van der Waals surface area contributed by atoms with Crippen LogP contribution in [0.1, 0.15) is 49.9 Å². The van der Waals surface area contributed by atoms with Crippen molar-refractivity contribution in [2.75, 3.05) is 34.4 Å². The van der Waals surface area contributed by atoms with Crippen LogP contribution < -0.4 is 20.1 Å². The van der Waals surface area contributed by atoms with E-state index < -0.39 is 16.6 Å². The van der Waals surface area contributed by atoms with E-state index in [2.05, 4.69) is 15.4 Å². The largest absolute Gasteiger partial charge is 0.493 e. The SMILES string of the molecule is CC.CNCCNC(=O)C1CCC(Oc2cc(C(=O)OC)c([N+](=O)[O-])cc2OC)CC1. The Balaban J connectivity index is 0.00000233. The number of hydrogen-bond acceptors (Lipinski definition) is 8. The summed E-state index contributed by atoms with van der Waals surface area (Å²) in [6.45, 7) is 5.30. The first kappa shape index (κ1) is 26.2. The standard InChI is InChI=1S/C19H27N3O7.C2H6/c1-20-8-9-21-18(23)12-4-6-13(7-5-12)29-17-10-14(19(24)28-3)15(22(25)26)11-16(17)27-2;1-2/h10-13,20H,4-9H2,1-3H3,(H,21,23);1-2H3. The molecular weight excluding hydrogens is 406 g/mol. The van der Waals surface area contributed by atoms with Gasteiger partial charge in [-0.25, -0.2) is 4.79 Å². The number of carbonyl (C=O) groups excluding carboxylic acids is 2. The Hall–Kier alpha value is -2.88. The van der Waals surface area contributed by atoms with Crippen LogP contribution in [0.15, 0.2) is 12.1 Å². The number of hydrogen-bond donors (Lipinski definition) is 2. The molecule has 1 fully saturated rings. The van der Waals surface area contributed by atoms with E-state index in [4.69, 9.17) is 9.47 Å². The average molecular weight is 440 g/mol. The number of nitrogens with zero attached hydrogens (tertiary/aromatic N) is 1. The normalized spacial score (nSPS) is 17.6. The summed E-state index contributed by atoms with van der Waals surface area (Å²) in [4.78, 5) is 34.7. The van der Waals surface area contributed by atoms with Crippen LogP contribution in [0.25, 0.3) is 0 Å². The third-order valence-electron chi connectivity index (χ3n) is 4.90. The van der Waals surface area contributed by atoms with E-state index in [1.807, 2.05) is 20.9 Å². The van der Waals surface area contributed by atoms with E-state index >= 15 is 0 Å². The van der Waals surface area contributed by atoms with Gasteiger partial charge in [0.2, 0.25) is 5.91 Å². The molecule has 10 nitrogen and oxygen atoms in total. The minimum absolute atomic E-state index is 0.0413. The van der Waals surface area contributed by atoms with Crippen molar-refractivity contribution in [2.45, 2.75) is 45.6 Å². The van der Waals surface area contributed by atoms with Crippen LogP contribution in [0.3, 0.4) is 0 Å². The van der Waals surface area contributed by atoms with Crippen LogP contribution in [0, 0.1) is 16.0 Å². The van der Waals surface area contributed by atoms with Gasteiger partial charge in [-0.15, -0.1) is 0 Å². The fraction of sp³-hybridized carbons (Fsp3) is 0.619. The number of esters is 1. The first-order chi connectivity index (χ1) is 14.9. The third kappa shape index (κ3) is 7.39. The summed E-state index contributed by atoms with van der Waals surface area (Å²) in [6.07, 6.45) is 2.47. The Bertz CT molecular complexity index is 747. The van der Waals surface area contributed by atoms with E-state index in [0.717, 1.165) is 13.2 Å². The van der Waals surface area contributed by atoms with Gasteiger partial charge in [-0.3, -0.25) is 14.9 Å². The van der Waals surface area contributed by atoms with Gasteiger partial charge in [0.15, 0.2) is 11.5 Å². The van der Waals surface area contributed by atoms with Crippen LogP contribution in [-0.2, 0) is 9.53 Å². The molecule has 1 aliphatic carbocycles. The molecule has 0 unspecified atom stereocenters. The molecule has 0 radical (unpaired) electrons.